The van der Waals surface area contributed by atoms with Crippen LogP contribution in [0.15, 0.2) is 0 Å². The maximum absolute atomic E-state index is 12.6. The summed E-state index contributed by atoms with van der Waals surface area (Å²) >= 11 is 0. The van der Waals surface area contributed by atoms with Crippen molar-refractivity contribution in [1.82, 2.24) is 0 Å². The van der Waals surface area contributed by atoms with E-state index in [1.54, 1.807) is 6.92 Å². The van der Waals surface area contributed by atoms with Crippen LogP contribution in [0.2, 0.25) is 0 Å². The Bertz CT molecular complexity index is 509. The van der Waals surface area contributed by atoms with Crippen molar-refractivity contribution in [3.8, 4) is 0 Å². The third kappa shape index (κ3) is 17.5. The Morgan fingerprint density at radius 3 is 1.79 bits per heavy atom. The van der Waals surface area contributed by atoms with E-state index in [0.717, 1.165) is 64.2 Å². The molecule has 8 nitrogen and oxygen atoms in total. The van der Waals surface area contributed by atoms with Crippen molar-refractivity contribution in [2.45, 2.75) is 91.4 Å². The lowest BCUT2D eigenvalue weighted by Crippen LogP contribution is -2.33. The fourth-order valence-corrected chi connectivity index (χ4v) is 3.24. The van der Waals surface area contributed by atoms with Crippen molar-refractivity contribution in [3.05, 3.63) is 0 Å². The van der Waals surface area contributed by atoms with Gasteiger partial charge in [-0.05, 0) is 12.8 Å². The first kappa shape index (κ1) is 31.3. The summed E-state index contributed by atoms with van der Waals surface area (Å²) in [6.45, 7) is 6.56. The maximum Gasteiger partial charge on any atom is 0.310 e. The summed E-state index contributed by atoms with van der Waals surface area (Å²) in [5, 5.41) is 8.72. The maximum atomic E-state index is 12.6. The molecular weight excluding hydrogens is 428 g/mol. The average Bonchev–Trinajstić information content (AvgIpc) is 2.81. The normalized spacial score (nSPS) is 12.7. The molecule has 2 unspecified atom stereocenters. The van der Waals surface area contributed by atoms with Gasteiger partial charge in [-0.3, -0.25) is 14.4 Å². The quantitative estimate of drug-likeness (QED) is 0.141. The number of unbranched alkanes of at least 4 members (excludes halogenated alkanes) is 8. The SMILES string of the molecule is CCCCCCCOC(=O)CC(C(=O)OCCOCCO)C(C)C(=O)OCCCCCCC. The lowest BCUT2D eigenvalue weighted by Gasteiger charge is -2.21. The minimum atomic E-state index is -0.983. The van der Waals surface area contributed by atoms with Crippen LogP contribution in [-0.4, -0.2) is 62.7 Å². The van der Waals surface area contributed by atoms with Crippen LogP contribution >= 0.6 is 0 Å². The van der Waals surface area contributed by atoms with Crippen molar-refractivity contribution in [1.29, 1.82) is 0 Å². The first-order chi connectivity index (χ1) is 16.0. The summed E-state index contributed by atoms with van der Waals surface area (Å²) in [6, 6.07) is 0. The minimum Gasteiger partial charge on any atom is -0.466 e. The van der Waals surface area contributed by atoms with E-state index in [1.165, 1.54) is 0 Å². The molecule has 0 rings (SSSR count). The monoisotopic (exact) mass is 474 g/mol. The van der Waals surface area contributed by atoms with Gasteiger partial charge in [-0.2, -0.15) is 0 Å². The molecule has 0 aromatic rings. The highest BCUT2D eigenvalue weighted by atomic mass is 16.6. The van der Waals surface area contributed by atoms with Gasteiger partial charge >= 0.3 is 17.9 Å². The summed E-state index contributed by atoms with van der Waals surface area (Å²) in [5.41, 5.74) is 0. The van der Waals surface area contributed by atoms with Crippen LogP contribution in [0, 0.1) is 11.8 Å². The second-order valence-corrected chi connectivity index (χ2v) is 8.32. The number of carbonyl (C=O) groups is 3. The molecule has 33 heavy (non-hydrogen) atoms. The zero-order valence-electron chi connectivity index (χ0n) is 21.0. The molecule has 0 saturated heterocycles. The molecule has 2 atom stereocenters. The fourth-order valence-electron chi connectivity index (χ4n) is 3.24. The molecule has 0 saturated carbocycles. The van der Waals surface area contributed by atoms with Crippen LogP contribution in [-0.2, 0) is 33.3 Å². The van der Waals surface area contributed by atoms with Crippen molar-refractivity contribution in [2.75, 3.05) is 39.6 Å². The van der Waals surface area contributed by atoms with Gasteiger partial charge in [0, 0.05) is 0 Å². The molecule has 0 spiro atoms. The molecule has 0 aliphatic carbocycles. The van der Waals surface area contributed by atoms with Crippen LogP contribution in [0.4, 0.5) is 0 Å². The number of ether oxygens (including phenoxy) is 4. The van der Waals surface area contributed by atoms with E-state index in [1.807, 2.05) is 0 Å². The van der Waals surface area contributed by atoms with E-state index in [-0.39, 0.29) is 32.8 Å². The van der Waals surface area contributed by atoms with Gasteiger partial charge < -0.3 is 24.1 Å². The van der Waals surface area contributed by atoms with Gasteiger partial charge in [0.2, 0.25) is 0 Å². The van der Waals surface area contributed by atoms with Crippen LogP contribution < -0.4 is 0 Å². The van der Waals surface area contributed by atoms with Crippen molar-refractivity contribution >= 4 is 17.9 Å². The first-order valence-corrected chi connectivity index (χ1v) is 12.6. The summed E-state index contributed by atoms with van der Waals surface area (Å²) in [5.74, 6) is -3.51. The van der Waals surface area contributed by atoms with Crippen LogP contribution in [0.5, 0.6) is 0 Å². The number of esters is 3. The Morgan fingerprint density at radius 1 is 0.667 bits per heavy atom. The van der Waals surface area contributed by atoms with Crippen LogP contribution in [0.3, 0.4) is 0 Å². The van der Waals surface area contributed by atoms with Crippen molar-refractivity contribution < 1.29 is 38.4 Å². The third-order valence-electron chi connectivity index (χ3n) is 5.38. The lowest BCUT2D eigenvalue weighted by atomic mass is 9.91. The number of carbonyl (C=O) groups excluding carboxylic acids is 3. The second-order valence-electron chi connectivity index (χ2n) is 8.32. The molecule has 0 aromatic heterocycles. The van der Waals surface area contributed by atoms with Crippen molar-refractivity contribution in [2.24, 2.45) is 11.8 Å². The molecule has 0 aliphatic heterocycles. The Balaban J connectivity index is 4.66. The zero-order valence-corrected chi connectivity index (χ0v) is 21.0. The molecule has 8 heteroatoms. The van der Waals surface area contributed by atoms with Gasteiger partial charge in [-0.25, -0.2) is 0 Å². The molecule has 0 aromatic carbocycles. The summed E-state index contributed by atoms with van der Waals surface area (Å²) in [6.07, 6.45) is 10.1. The summed E-state index contributed by atoms with van der Waals surface area (Å²) in [7, 11) is 0. The predicted molar refractivity (Wildman–Crippen MR) is 126 cm³/mol. The molecular formula is C25H46O8. The Hall–Kier alpha value is -1.67. The lowest BCUT2D eigenvalue weighted by molar-refractivity contribution is -0.164. The highest BCUT2D eigenvalue weighted by Crippen LogP contribution is 2.21. The number of hydrogen-bond donors (Lipinski definition) is 1. The van der Waals surface area contributed by atoms with E-state index < -0.39 is 29.7 Å². The topological polar surface area (TPSA) is 108 Å². The highest BCUT2D eigenvalue weighted by Gasteiger charge is 2.35. The van der Waals surface area contributed by atoms with Gasteiger partial charge in [-0.1, -0.05) is 72.1 Å². The highest BCUT2D eigenvalue weighted by molar-refractivity contribution is 5.85. The van der Waals surface area contributed by atoms with Gasteiger partial charge in [0.05, 0.1) is 51.3 Å². The second kappa shape index (κ2) is 22.1. The Morgan fingerprint density at radius 2 is 1.21 bits per heavy atom. The molecule has 0 fully saturated rings. The van der Waals surface area contributed by atoms with Gasteiger partial charge in [0.1, 0.15) is 6.61 Å². The van der Waals surface area contributed by atoms with Gasteiger partial charge in [-0.15, -0.1) is 0 Å². The number of aliphatic hydroxyl groups excluding tert-OH is 1. The van der Waals surface area contributed by atoms with Crippen molar-refractivity contribution in [3.63, 3.8) is 0 Å². The van der Waals surface area contributed by atoms with E-state index in [9.17, 15) is 14.4 Å². The predicted octanol–water partition coefficient (Wildman–Crippen LogP) is 4.21. The largest absolute Gasteiger partial charge is 0.466 e. The smallest absolute Gasteiger partial charge is 0.310 e. The van der Waals surface area contributed by atoms with Gasteiger partial charge in [0.15, 0.2) is 0 Å². The van der Waals surface area contributed by atoms with Gasteiger partial charge in [0.25, 0.3) is 0 Å². The molecule has 0 amide bonds. The Kier molecular flexibility index (Phi) is 21.0. The summed E-state index contributed by atoms with van der Waals surface area (Å²) in [4.78, 5) is 37.4. The van der Waals surface area contributed by atoms with E-state index in [2.05, 4.69) is 13.8 Å². The molecule has 1 N–H and O–H groups in total. The van der Waals surface area contributed by atoms with E-state index >= 15 is 0 Å². The average molecular weight is 475 g/mol. The minimum absolute atomic E-state index is 0.0268. The Labute approximate surface area is 199 Å². The zero-order chi connectivity index (χ0) is 24.7. The van der Waals surface area contributed by atoms with E-state index in [0.29, 0.717) is 13.2 Å². The first-order valence-electron chi connectivity index (χ1n) is 12.6. The third-order valence-corrected chi connectivity index (χ3v) is 5.38. The fraction of sp³-hybridized carbons (Fsp3) is 0.880. The molecule has 0 bridgehead atoms. The summed E-state index contributed by atoms with van der Waals surface area (Å²) < 4.78 is 20.9. The number of rotatable bonds is 22. The molecule has 0 heterocycles. The number of aliphatic hydroxyl groups is 1. The van der Waals surface area contributed by atoms with Crippen LogP contribution in [0.1, 0.15) is 91.4 Å². The number of hydrogen-bond acceptors (Lipinski definition) is 8. The van der Waals surface area contributed by atoms with E-state index in [4.69, 9.17) is 24.1 Å². The molecule has 194 valence electrons. The molecule has 0 radical (unpaired) electrons. The van der Waals surface area contributed by atoms with Crippen LogP contribution in [0.25, 0.3) is 0 Å². The standard InChI is InChI=1S/C25H46O8/c1-4-6-8-10-12-15-31-23(27)20-22(25(29)33-19-18-30-17-14-26)21(3)24(28)32-16-13-11-9-7-5-2/h21-22,26H,4-20H2,1-3H3. The molecule has 0 aliphatic rings.